The highest BCUT2D eigenvalue weighted by molar-refractivity contribution is 6.28. The molecule has 0 aliphatic rings. The second-order valence-corrected chi connectivity index (χ2v) is 6.11. The molecule has 2 aromatic heterocycles. The molecule has 0 radical (unpaired) electrons. The van der Waals surface area contributed by atoms with Crippen LogP contribution in [0.4, 0.5) is 5.69 Å². The zero-order valence-corrected chi connectivity index (χ0v) is 15.0. The van der Waals surface area contributed by atoms with Crippen LogP contribution in [0.5, 0.6) is 11.6 Å². The van der Waals surface area contributed by atoms with E-state index < -0.39 is 0 Å². The Morgan fingerprint density at radius 2 is 1.89 bits per heavy atom. The number of nitrogens with zero attached hydrogens (tertiary/aromatic N) is 4. The van der Waals surface area contributed by atoms with Crippen molar-refractivity contribution in [3.63, 3.8) is 0 Å². The van der Waals surface area contributed by atoms with Gasteiger partial charge in [-0.25, -0.2) is 0 Å². The first-order valence-electron chi connectivity index (χ1n) is 8.13. The Morgan fingerprint density at radius 1 is 1.07 bits per heavy atom. The van der Waals surface area contributed by atoms with Crippen LogP contribution in [-0.2, 0) is 4.79 Å². The SMILES string of the molecule is CC(=O)Nc1ccc(Oc2ccc3nnc(Cl)n3n2)c(-c2ccccc2)c1. The van der Waals surface area contributed by atoms with E-state index in [1.807, 2.05) is 36.4 Å². The maximum atomic E-state index is 11.4. The van der Waals surface area contributed by atoms with Gasteiger partial charge < -0.3 is 10.1 Å². The highest BCUT2D eigenvalue weighted by Crippen LogP contribution is 2.35. The predicted octanol–water partition coefficient (Wildman–Crippen LogP) is 4.20. The summed E-state index contributed by atoms with van der Waals surface area (Å²) in [7, 11) is 0. The van der Waals surface area contributed by atoms with Gasteiger partial charge in [-0.15, -0.1) is 15.3 Å². The molecule has 0 unspecified atom stereocenters. The number of hydrogen-bond donors (Lipinski definition) is 1. The normalized spacial score (nSPS) is 10.7. The molecule has 1 amide bonds. The third kappa shape index (κ3) is 3.58. The Hall–Kier alpha value is -3.45. The van der Waals surface area contributed by atoms with Gasteiger partial charge in [-0.2, -0.15) is 4.52 Å². The second-order valence-electron chi connectivity index (χ2n) is 5.77. The van der Waals surface area contributed by atoms with Crippen molar-refractivity contribution in [3.8, 4) is 22.8 Å². The van der Waals surface area contributed by atoms with Crippen molar-refractivity contribution in [1.29, 1.82) is 0 Å². The van der Waals surface area contributed by atoms with Gasteiger partial charge in [0.15, 0.2) is 5.65 Å². The number of aromatic nitrogens is 4. The van der Waals surface area contributed by atoms with Crippen molar-refractivity contribution in [3.05, 3.63) is 65.9 Å². The molecular weight excluding hydrogens is 366 g/mol. The average Bonchev–Trinajstić information content (AvgIpc) is 3.04. The lowest BCUT2D eigenvalue weighted by Gasteiger charge is -2.13. The van der Waals surface area contributed by atoms with Crippen LogP contribution in [0.15, 0.2) is 60.7 Å². The lowest BCUT2D eigenvalue weighted by Crippen LogP contribution is -2.06. The Morgan fingerprint density at radius 3 is 2.67 bits per heavy atom. The molecule has 0 bridgehead atoms. The Kier molecular flexibility index (Phi) is 4.43. The molecule has 0 aliphatic carbocycles. The molecule has 0 fully saturated rings. The third-order valence-corrected chi connectivity index (χ3v) is 4.04. The molecule has 7 nitrogen and oxygen atoms in total. The monoisotopic (exact) mass is 379 g/mol. The van der Waals surface area contributed by atoms with E-state index in [9.17, 15) is 4.79 Å². The van der Waals surface area contributed by atoms with Crippen molar-refractivity contribution in [1.82, 2.24) is 19.8 Å². The van der Waals surface area contributed by atoms with Gasteiger partial charge in [0.05, 0.1) is 0 Å². The minimum Gasteiger partial charge on any atom is -0.437 e. The van der Waals surface area contributed by atoms with Crippen LogP contribution in [-0.4, -0.2) is 25.7 Å². The fraction of sp³-hybridized carbons (Fsp3) is 0.0526. The van der Waals surface area contributed by atoms with Crippen LogP contribution in [0.2, 0.25) is 5.28 Å². The number of rotatable bonds is 4. The van der Waals surface area contributed by atoms with Gasteiger partial charge in [-0.3, -0.25) is 4.79 Å². The van der Waals surface area contributed by atoms with E-state index in [1.165, 1.54) is 11.4 Å². The fourth-order valence-corrected chi connectivity index (χ4v) is 2.82. The fourth-order valence-electron chi connectivity index (χ4n) is 2.66. The van der Waals surface area contributed by atoms with Crippen LogP contribution in [0.25, 0.3) is 16.8 Å². The zero-order valence-electron chi connectivity index (χ0n) is 14.3. The molecule has 134 valence electrons. The van der Waals surface area contributed by atoms with Crippen molar-refractivity contribution >= 4 is 28.8 Å². The molecule has 1 N–H and O–H groups in total. The third-order valence-electron chi connectivity index (χ3n) is 3.80. The summed E-state index contributed by atoms with van der Waals surface area (Å²) in [5, 5.41) is 14.9. The zero-order chi connectivity index (χ0) is 18.8. The number of carbonyl (C=O) groups excluding carboxylic acids is 1. The van der Waals surface area contributed by atoms with Gasteiger partial charge >= 0.3 is 0 Å². The lowest BCUT2D eigenvalue weighted by atomic mass is 10.0. The summed E-state index contributed by atoms with van der Waals surface area (Å²) >= 11 is 5.98. The van der Waals surface area contributed by atoms with E-state index in [1.54, 1.807) is 24.3 Å². The van der Waals surface area contributed by atoms with Gasteiger partial charge in [0.2, 0.25) is 17.1 Å². The van der Waals surface area contributed by atoms with Gasteiger partial charge in [0, 0.05) is 24.2 Å². The van der Waals surface area contributed by atoms with Crippen LogP contribution in [0, 0.1) is 0 Å². The Labute approximate surface area is 159 Å². The lowest BCUT2D eigenvalue weighted by molar-refractivity contribution is -0.114. The number of hydrogen-bond acceptors (Lipinski definition) is 5. The highest BCUT2D eigenvalue weighted by Gasteiger charge is 2.12. The number of nitrogens with one attached hydrogen (secondary N) is 1. The summed E-state index contributed by atoms with van der Waals surface area (Å²) < 4.78 is 7.39. The first-order valence-corrected chi connectivity index (χ1v) is 8.51. The van der Waals surface area contributed by atoms with E-state index in [0.29, 0.717) is 23.0 Å². The van der Waals surface area contributed by atoms with Crippen LogP contribution in [0.1, 0.15) is 6.92 Å². The Bertz CT molecular complexity index is 1130. The number of fused-ring (bicyclic) bond motifs is 1. The summed E-state index contributed by atoms with van der Waals surface area (Å²) in [6.45, 7) is 1.47. The van der Waals surface area contributed by atoms with Crippen molar-refractivity contribution in [2.45, 2.75) is 6.92 Å². The first kappa shape index (κ1) is 17.0. The van der Waals surface area contributed by atoms with E-state index in [4.69, 9.17) is 16.3 Å². The van der Waals surface area contributed by atoms with Crippen LogP contribution < -0.4 is 10.1 Å². The van der Waals surface area contributed by atoms with Crippen LogP contribution >= 0.6 is 11.6 Å². The number of anilines is 1. The molecular formula is C19H14ClN5O2. The van der Waals surface area contributed by atoms with E-state index in [2.05, 4.69) is 20.6 Å². The standard InChI is InChI=1S/C19H14ClN5O2/c1-12(26)21-14-7-8-16(15(11-14)13-5-3-2-4-6-13)27-18-10-9-17-22-23-19(20)25(17)24-18/h2-11H,1H3,(H,21,26). The number of halogens is 1. The largest absolute Gasteiger partial charge is 0.437 e. The summed E-state index contributed by atoms with van der Waals surface area (Å²) in [5.41, 5.74) is 2.97. The topological polar surface area (TPSA) is 81.4 Å². The summed E-state index contributed by atoms with van der Waals surface area (Å²) in [6, 6.07) is 18.6. The molecule has 0 saturated heterocycles. The minimum absolute atomic E-state index is 0.142. The molecule has 0 aliphatic heterocycles. The van der Waals surface area contributed by atoms with Gasteiger partial charge in [0.25, 0.3) is 0 Å². The number of benzene rings is 2. The average molecular weight is 380 g/mol. The molecule has 4 rings (SSSR count). The highest BCUT2D eigenvalue weighted by atomic mass is 35.5. The molecule has 0 atom stereocenters. The molecule has 27 heavy (non-hydrogen) atoms. The summed E-state index contributed by atoms with van der Waals surface area (Å²) in [5.74, 6) is 0.789. The molecule has 0 saturated carbocycles. The maximum Gasteiger partial charge on any atom is 0.246 e. The van der Waals surface area contributed by atoms with E-state index in [0.717, 1.165) is 11.1 Å². The maximum absolute atomic E-state index is 11.4. The number of amides is 1. The van der Waals surface area contributed by atoms with Gasteiger partial charge in [-0.05, 0) is 41.4 Å². The molecule has 8 heteroatoms. The van der Waals surface area contributed by atoms with Crippen molar-refractivity contribution in [2.24, 2.45) is 0 Å². The molecule has 2 heterocycles. The smallest absolute Gasteiger partial charge is 0.246 e. The van der Waals surface area contributed by atoms with Crippen molar-refractivity contribution < 1.29 is 9.53 Å². The van der Waals surface area contributed by atoms with E-state index in [-0.39, 0.29) is 11.2 Å². The number of ether oxygens (including phenoxy) is 1. The molecule has 4 aromatic rings. The van der Waals surface area contributed by atoms with Crippen molar-refractivity contribution in [2.75, 3.05) is 5.32 Å². The summed E-state index contributed by atoms with van der Waals surface area (Å²) in [4.78, 5) is 11.4. The second kappa shape index (κ2) is 7.05. The minimum atomic E-state index is -0.142. The Balaban J connectivity index is 1.76. The predicted molar refractivity (Wildman–Crippen MR) is 102 cm³/mol. The quantitative estimate of drug-likeness (QED) is 0.574. The van der Waals surface area contributed by atoms with Gasteiger partial charge in [-0.1, -0.05) is 30.3 Å². The molecule has 0 spiro atoms. The molecule has 2 aromatic carbocycles. The first-order chi connectivity index (χ1) is 13.1. The summed E-state index contributed by atoms with van der Waals surface area (Å²) in [6.07, 6.45) is 0. The van der Waals surface area contributed by atoms with Gasteiger partial charge in [0.1, 0.15) is 5.75 Å². The van der Waals surface area contributed by atoms with E-state index >= 15 is 0 Å². The number of carbonyl (C=O) groups is 1. The van der Waals surface area contributed by atoms with Crippen LogP contribution in [0.3, 0.4) is 0 Å².